The first-order valence-electron chi connectivity index (χ1n) is 12.4. The lowest BCUT2D eigenvalue weighted by atomic mass is 9.85. The van der Waals surface area contributed by atoms with Crippen molar-refractivity contribution in [3.8, 4) is 0 Å². The van der Waals surface area contributed by atoms with Gasteiger partial charge in [0.25, 0.3) is 11.5 Å². The van der Waals surface area contributed by atoms with Gasteiger partial charge in [0.1, 0.15) is 0 Å². The average molecular weight is 450 g/mol. The van der Waals surface area contributed by atoms with Crippen molar-refractivity contribution in [2.45, 2.75) is 72.0 Å². The predicted octanol–water partition coefficient (Wildman–Crippen LogP) is 3.93. The Morgan fingerprint density at radius 1 is 1.15 bits per heavy atom. The first-order chi connectivity index (χ1) is 15.9. The third-order valence-electron chi connectivity index (χ3n) is 7.72. The summed E-state index contributed by atoms with van der Waals surface area (Å²) in [4.78, 5) is 34.0. The van der Waals surface area contributed by atoms with Crippen molar-refractivity contribution in [2.24, 2.45) is 5.92 Å². The van der Waals surface area contributed by atoms with Crippen molar-refractivity contribution in [1.29, 1.82) is 0 Å². The van der Waals surface area contributed by atoms with E-state index in [1.807, 2.05) is 28.6 Å². The summed E-state index contributed by atoms with van der Waals surface area (Å²) in [6.45, 7) is 12.0. The van der Waals surface area contributed by atoms with Crippen LogP contribution in [0.5, 0.6) is 0 Å². The summed E-state index contributed by atoms with van der Waals surface area (Å²) in [6.07, 6.45) is 6.49. The molecule has 5 rings (SSSR count). The minimum Gasteiger partial charge on any atom is -0.333 e. The van der Waals surface area contributed by atoms with Crippen LogP contribution in [0, 0.1) is 12.8 Å². The van der Waals surface area contributed by atoms with Crippen LogP contribution in [-0.2, 0) is 6.54 Å². The Balaban J connectivity index is 1.56. The minimum absolute atomic E-state index is 0.0781. The maximum Gasteiger partial charge on any atom is 0.259 e. The summed E-state index contributed by atoms with van der Waals surface area (Å²) in [5.41, 5.74) is 3.11. The Hall–Kier alpha value is -2.67. The summed E-state index contributed by atoms with van der Waals surface area (Å²) in [6, 6.07) is 4.44. The second kappa shape index (κ2) is 8.60. The van der Waals surface area contributed by atoms with Gasteiger partial charge in [0.05, 0.1) is 22.6 Å². The van der Waals surface area contributed by atoms with Crippen LogP contribution >= 0.6 is 0 Å². The molecule has 2 aromatic heterocycles. The molecule has 0 bridgehead atoms. The topological polar surface area (TPSA) is 74.2 Å². The highest BCUT2D eigenvalue weighted by molar-refractivity contribution is 6.07. The zero-order valence-electron chi connectivity index (χ0n) is 20.2. The Bertz CT molecular complexity index is 1260. The van der Waals surface area contributed by atoms with Crippen LogP contribution in [0.1, 0.15) is 62.4 Å². The fraction of sp³-hybridized carbons (Fsp3) is 0.577. The predicted molar refractivity (Wildman–Crippen MR) is 132 cm³/mol. The molecule has 3 aromatic rings. The molecule has 2 fully saturated rings. The van der Waals surface area contributed by atoms with E-state index in [2.05, 4.69) is 35.8 Å². The molecule has 0 radical (unpaired) electrons. The van der Waals surface area contributed by atoms with Crippen LogP contribution in [0.2, 0.25) is 0 Å². The average Bonchev–Trinajstić information content (AvgIpc) is 3.17. The largest absolute Gasteiger partial charge is 0.333 e. The number of carbonyl (C=O) groups excluding carboxylic acids is 1. The summed E-state index contributed by atoms with van der Waals surface area (Å²) in [5, 5.41) is 6.06. The Kier molecular flexibility index (Phi) is 5.77. The van der Waals surface area contributed by atoms with Crippen LogP contribution < -0.4 is 5.56 Å². The lowest BCUT2D eigenvalue weighted by molar-refractivity contribution is 0.0318. The monoisotopic (exact) mass is 449 g/mol. The summed E-state index contributed by atoms with van der Waals surface area (Å²) >= 11 is 0. The number of fused-ring (bicyclic) bond motifs is 3. The summed E-state index contributed by atoms with van der Waals surface area (Å²) < 4.78 is 1.98. The Labute approximate surface area is 194 Å². The molecular formula is C26H35N5O2. The summed E-state index contributed by atoms with van der Waals surface area (Å²) in [5.74, 6) is 0.699. The van der Waals surface area contributed by atoms with E-state index < -0.39 is 0 Å². The van der Waals surface area contributed by atoms with E-state index in [4.69, 9.17) is 0 Å². The third kappa shape index (κ3) is 3.86. The van der Waals surface area contributed by atoms with E-state index in [1.54, 1.807) is 6.20 Å². The molecule has 1 saturated heterocycles. The number of aromatic nitrogens is 3. The fourth-order valence-electron chi connectivity index (χ4n) is 5.56. The van der Waals surface area contributed by atoms with E-state index in [-0.39, 0.29) is 17.5 Å². The first-order valence-corrected chi connectivity index (χ1v) is 12.4. The number of H-pyrrole nitrogens is 1. The van der Waals surface area contributed by atoms with Gasteiger partial charge in [-0.3, -0.25) is 19.2 Å². The number of benzene rings is 1. The van der Waals surface area contributed by atoms with Gasteiger partial charge in [0.15, 0.2) is 0 Å². The van der Waals surface area contributed by atoms with Crippen LogP contribution in [0.3, 0.4) is 0 Å². The van der Waals surface area contributed by atoms with Gasteiger partial charge >= 0.3 is 0 Å². The highest BCUT2D eigenvalue weighted by atomic mass is 16.2. The standard InChI is InChI=1S/C26H35N5O2/c1-5-9-29-13-18(4)30(14-17(29)3)26(33)20-11-21-23(10-16(20)2)28-25(32)22-12-27-31(24(21)22)15-19-7-6-8-19/h10-12,17-19H,5-9,13-15H2,1-4H3,(H,28,32)/t17-,18+/m1/s1. The minimum atomic E-state index is -0.120. The molecule has 1 aromatic carbocycles. The smallest absolute Gasteiger partial charge is 0.259 e. The normalized spacial score (nSPS) is 22.2. The number of hydrogen-bond acceptors (Lipinski definition) is 4. The Morgan fingerprint density at radius 2 is 1.94 bits per heavy atom. The highest BCUT2D eigenvalue weighted by Gasteiger charge is 2.32. The van der Waals surface area contributed by atoms with Crippen molar-refractivity contribution >= 4 is 27.7 Å². The van der Waals surface area contributed by atoms with Gasteiger partial charge in [-0.05, 0) is 70.2 Å². The van der Waals surface area contributed by atoms with Gasteiger partial charge < -0.3 is 9.88 Å². The van der Waals surface area contributed by atoms with Crippen LogP contribution in [0.4, 0.5) is 0 Å². The van der Waals surface area contributed by atoms with Gasteiger partial charge in [0.2, 0.25) is 0 Å². The van der Waals surface area contributed by atoms with Gasteiger partial charge in [-0.2, -0.15) is 5.10 Å². The second-order valence-corrected chi connectivity index (χ2v) is 10.2. The zero-order valence-corrected chi connectivity index (χ0v) is 20.2. The molecule has 33 heavy (non-hydrogen) atoms. The zero-order chi connectivity index (χ0) is 23.3. The van der Waals surface area contributed by atoms with Crippen molar-refractivity contribution < 1.29 is 4.79 Å². The van der Waals surface area contributed by atoms with Gasteiger partial charge in [-0.1, -0.05) is 13.3 Å². The number of aryl methyl sites for hydroxylation is 1. The Morgan fingerprint density at radius 3 is 2.64 bits per heavy atom. The number of nitrogens with zero attached hydrogens (tertiary/aromatic N) is 4. The third-order valence-corrected chi connectivity index (χ3v) is 7.72. The van der Waals surface area contributed by atoms with E-state index in [0.29, 0.717) is 17.3 Å². The van der Waals surface area contributed by atoms with Crippen molar-refractivity contribution in [1.82, 2.24) is 24.6 Å². The van der Waals surface area contributed by atoms with Crippen molar-refractivity contribution in [3.63, 3.8) is 0 Å². The maximum absolute atomic E-state index is 13.8. The lowest BCUT2D eigenvalue weighted by Gasteiger charge is -2.44. The molecule has 1 aliphatic heterocycles. The number of carbonyl (C=O) groups is 1. The SMILES string of the molecule is CCCN1C[C@H](C)N(C(=O)c2cc3c(cc2C)[nH]c(=O)c2cnn(CC4CCC4)c23)C[C@H]1C. The number of hydrogen-bond donors (Lipinski definition) is 1. The highest BCUT2D eigenvalue weighted by Crippen LogP contribution is 2.31. The molecule has 1 amide bonds. The first kappa shape index (κ1) is 22.1. The number of nitrogens with one attached hydrogen (secondary N) is 1. The molecule has 176 valence electrons. The molecule has 1 aliphatic carbocycles. The number of piperazine rings is 1. The lowest BCUT2D eigenvalue weighted by Crippen LogP contribution is -2.58. The van der Waals surface area contributed by atoms with Gasteiger partial charge in [-0.15, -0.1) is 0 Å². The molecule has 2 atom stereocenters. The van der Waals surface area contributed by atoms with Gasteiger partial charge in [-0.25, -0.2) is 0 Å². The molecule has 7 heteroatoms. The molecule has 1 saturated carbocycles. The molecule has 7 nitrogen and oxygen atoms in total. The van der Waals surface area contributed by atoms with Gasteiger partial charge in [0, 0.05) is 42.7 Å². The molecule has 1 N–H and O–H groups in total. The molecule has 3 heterocycles. The molecular weight excluding hydrogens is 414 g/mol. The molecule has 0 spiro atoms. The molecule has 0 unspecified atom stereocenters. The number of pyridine rings is 1. The van der Waals surface area contributed by atoms with Crippen LogP contribution in [0.15, 0.2) is 23.1 Å². The fourth-order valence-corrected chi connectivity index (χ4v) is 5.56. The van der Waals surface area contributed by atoms with E-state index in [0.717, 1.165) is 60.1 Å². The quantitative estimate of drug-likeness (QED) is 0.640. The van der Waals surface area contributed by atoms with Crippen molar-refractivity contribution in [3.05, 3.63) is 39.8 Å². The summed E-state index contributed by atoms with van der Waals surface area (Å²) in [7, 11) is 0. The van der Waals surface area contributed by atoms with Crippen molar-refractivity contribution in [2.75, 3.05) is 19.6 Å². The number of amides is 1. The van der Waals surface area contributed by atoms with E-state index >= 15 is 0 Å². The van der Waals surface area contributed by atoms with E-state index in [1.165, 1.54) is 19.3 Å². The molecule has 2 aliphatic rings. The van der Waals surface area contributed by atoms with E-state index in [9.17, 15) is 9.59 Å². The second-order valence-electron chi connectivity index (χ2n) is 10.2. The number of rotatable bonds is 5. The van der Waals surface area contributed by atoms with Crippen LogP contribution in [0.25, 0.3) is 21.8 Å². The van der Waals surface area contributed by atoms with Crippen LogP contribution in [-0.4, -0.2) is 62.2 Å². The number of aromatic amines is 1. The maximum atomic E-state index is 13.8.